The first-order valence-corrected chi connectivity index (χ1v) is 8.29. The highest BCUT2D eigenvalue weighted by Gasteiger charge is 2.16. The van der Waals surface area contributed by atoms with Gasteiger partial charge in [0.1, 0.15) is 17.2 Å². The first kappa shape index (κ1) is 17.7. The third kappa shape index (κ3) is 4.27. The molecule has 0 aliphatic carbocycles. The van der Waals surface area contributed by atoms with Crippen LogP contribution in [0.15, 0.2) is 48.5 Å². The van der Waals surface area contributed by atoms with Crippen molar-refractivity contribution >= 4 is 22.7 Å². The number of benzene rings is 2. The highest BCUT2D eigenvalue weighted by atomic mass is 16.6. The Morgan fingerprint density at radius 2 is 1.85 bits per heavy atom. The minimum atomic E-state index is -0.543. The molecule has 0 bridgehead atoms. The lowest BCUT2D eigenvalue weighted by Crippen LogP contribution is -2.27. The van der Waals surface area contributed by atoms with Gasteiger partial charge in [0, 0.05) is 10.9 Å². The summed E-state index contributed by atoms with van der Waals surface area (Å²) in [5.74, 6) is 1.03. The van der Waals surface area contributed by atoms with Crippen LogP contribution in [0.5, 0.6) is 5.75 Å². The zero-order valence-electron chi connectivity index (χ0n) is 15.0. The molecule has 1 aromatic heterocycles. The summed E-state index contributed by atoms with van der Waals surface area (Å²) in [4.78, 5) is 20.7. The summed E-state index contributed by atoms with van der Waals surface area (Å²) in [7, 11) is 0. The molecule has 0 atom stereocenters. The number of hydrogen-bond acceptors (Lipinski definition) is 6. The molecule has 0 saturated carbocycles. The van der Waals surface area contributed by atoms with Gasteiger partial charge in [0.05, 0.1) is 5.52 Å². The molecular weight excluding hydrogens is 330 g/mol. The molecule has 2 aromatic carbocycles. The van der Waals surface area contributed by atoms with Gasteiger partial charge >= 0.3 is 5.97 Å². The fourth-order valence-electron chi connectivity index (χ4n) is 2.47. The van der Waals surface area contributed by atoms with Gasteiger partial charge in [-0.15, -0.1) is 0 Å². The molecule has 6 nitrogen and oxygen atoms in total. The average molecular weight is 351 g/mol. The zero-order chi connectivity index (χ0) is 18.7. The lowest BCUT2D eigenvalue weighted by atomic mass is 10.1. The number of ether oxygens (including phenoxy) is 2. The van der Waals surface area contributed by atoms with Crippen LogP contribution >= 0.6 is 0 Å². The van der Waals surface area contributed by atoms with Crippen LogP contribution in [0.4, 0.5) is 5.82 Å². The number of fused-ring (bicyclic) bond motifs is 1. The largest absolute Gasteiger partial charge is 0.482 e. The van der Waals surface area contributed by atoms with Crippen molar-refractivity contribution in [3.63, 3.8) is 0 Å². The fraction of sp³-hybridized carbons (Fsp3) is 0.250. The molecule has 0 aliphatic heterocycles. The molecule has 26 heavy (non-hydrogen) atoms. The zero-order valence-corrected chi connectivity index (χ0v) is 15.0. The van der Waals surface area contributed by atoms with Crippen LogP contribution in [0, 0.1) is 0 Å². The molecule has 1 heterocycles. The number of carbonyl (C=O) groups excluding carboxylic acids is 1. The average Bonchev–Trinajstić information content (AvgIpc) is 2.59. The Balaban J connectivity index is 1.80. The smallest absolute Gasteiger partial charge is 0.344 e. The lowest BCUT2D eigenvalue weighted by Gasteiger charge is -2.19. The van der Waals surface area contributed by atoms with Gasteiger partial charge in [-0.1, -0.05) is 24.3 Å². The number of nitrogen functional groups attached to an aromatic ring is 1. The number of aromatic nitrogens is 2. The second kappa shape index (κ2) is 7.00. The van der Waals surface area contributed by atoms with Crippen molar-refractivity contribution in [3.8, 4) is 17.1 Å². The monoisotopic (exact) mass is 351 g/mol. The molecule has 0 saturated heterocycles. The first-order valence-electron chi connectivity index (χ1n) is 8.29. The quantitative estimate of drug-likeness (QED) is 0.723. The van der Waals surface area contributed by atoms with Crippen molar-refractivity contribution in [2.45, 2.75) is 26.4 Å². The van der Waals surface area contributed by atoms with Crippen LogP contribution in [0.1, 0.15) is 20.8 Å². The molecular formula is C20H21N3O3. The minimum Gasteiger partial charge on any atom is -0.482 e. The van der Waals surface area contributed by atoms with E-state index in [2.05, 4.69) is 9.97 Å². The molecule has 0 fully saturated rings. The highest BCUT2D eigenvalue weighted by Crippen LogP contribution is 2.25. The number of carbonyl (C=O) groups is 1. The Bertz CT molecular complexity index is 948. The maximum absolute atomic E-state index is 11.8. The van der Waals surface area contributed by atoms with E-state index in [-0.39, 0.29) is 6.61 Å². The third-order valence-corrected chi connectivity index (χ3v) is 3.50. The molecule has 2 N–H and O–H groups in total. The maximum atomic E-state index is 11.8. The summed E-state index contributed by atoms with van der Waals surface area (Å²) in [6.45, 7) is 5.27. The van der Waals surface area contributed by atoms with E-state index in [1.54, 1.807) is 12.1 Å². The SMILES string of the molecule is CC(C)(C)OC(=O)COc1cccc(-c2nc(N)c3ccccc3n2)c1. The van der Waals surface area contributed by atoms with E-state index in [0.29, 0.717) is 17.4 Å². The normalized spacial score (nSPS) is 11.3. The first-order chi connectivity index (χ1) is 12.3. The minimum absolute atomic E-state index is 0.165. The second-order valence-electron chi connectivity index (χ2n) is 6.85. The molecule has 6 heteroatoms. The van der Waals surface area contributed by atoms with Gasteiger partial charge in [0.15, 0.2) is 12.4 Å². The van der Waals surface area contributed by atoms with Crippen molar-refractivity contribution in [3.05, 3.63) is 48.5 Å². The Morgan fingerprint density at radius 3 is 2.62 bits per heavy atom. The molecule has 0 amide bonds. The van der Waals surface area contributed by atoms with E-state index in [1.807, 2.05) is 57.2 Å². The van der Waals surface area contributed by atoms with Crippen LogP contribution in [0.2, 0.25) is 0 Å². The number of anilines is 1. The van der Waals surface area contributed by atoms with Gasteiger partial charge in [-0.2, -0.15) is 0 Å². The molecule has 3 aromatic rings. The molecule has 0 unspecified atom stereocenters. The van der Waals surface area contributed by atoms with Crippen molar-refractivity contribution in [2.75, 3.05) is 12.3 Å². The van der Waals surface area contributed by atoms with Gasteiger partial charge in [-0.25, -0.2) is 14.8 Å². The van der Waals surface area contributed by atoms with Crippen LogP contribution in [0.25, 0.3) is 22.3 Å². The number of esters is 1. The van der Waals surface area contributed by atoms with E-state index in [0.717, 1.165) is 16.5 Å². The Kier molecular flexibility index (Phi) is 4.75. The Hall–Kier alpha value is -3.15. The van der Waals surface area contributed by atoms with Crippen molar-refractivity contribution < 1.29 is 14.3 Å². The predicted molar refractivity (Wildman–Crippen MR) is 101 cm³/mol. The molecule has 134 valence electrons. The number of nitrogens with zero attached hydrogens (tertiary/aromatic N) is 2. The van der Waals surface area contributed by atoms with Gasteiger partial charge in [-0.05, 0) is 45.0 Å². The van der Waals surface area contributed by atoms with Gasteiger partial charge in [0.2, 0.25) is 0 Å². The van der Waals surface area contributed by atoms with E-state index in [4.69, 9.17) is 15.2 Å². The van der Waals surface area contributed by atoms with Crippen molar-refractivity contribution in [2.24, 2.45) is 0 Å². The molecule has 3 rings (SSSR count). The third-order valence-electron chi connectivity index (χ3n) is 3.50. The van der Waals surface area contributed by atoms with Gasteiger partial charge in [-0.3, -0.25) is 0 Å². The van der Waals surface area contributed by atoms with Gasteiger partial charge < -0.3 is 15.2 Å². The van der Waals surface area contributed by atoms with Crippen LogP contribution in [-0.4, -0.2) is 28.1 Å². The molecule has 0 radical (unpaired) electrons. The summed E-state index contributed by atoms with van der Waals surface area (Å²) in [5.41, 5.74) is 7.03. The predicted octanol–water partition coefficient (Wildman–Crippen LogP) is 3.60. The number of nitrogens with two attached hydrogens (primary N) is 1. The summed E-state index contributed by atoms with van der Waals surface area (Å²) >= 11 is 0. The second-order valence-corrected chi connectivity index (χ2v) is 6.85. The van der Waals surface area contributed by atoms with E-state index in [1.165, 1.54) is 0 Å². The summed E-state index contributed by atoms with van der Waals surface area (Å²) < 4.78 is 10.8. The highest BCUT2D eigenvalue weighted by molar-refractivity contribution is 5.89. The van der Waals surface area contributed by atoms with Crippen LogP contribution in [0.3, 0.4) is 0 Å². The number of rotatable bonds is 4. The fourth-order valence-corrected chi connectivity index (χ4v) is 2.47. The topological polar surface area (TPSA) is 87.3 Å². The standard InChI is InChI=1S/C20H21N3O3/c1-20(2,3)26-17(24)12-25-14-8-6-7-13(11-14)19-22-16-10-5-4-9-15(16)18(21)23-19/h4-11H,12H2,1-3H3,(H2,21,22,23). The summed E-state index contributed by atoms with van der Waals surface area (Å²) in [6.07, 6.45) is 0. The van der Waals surface area contributed by atoms with E-state index in [9.17, 15) is 4.79 Å². The number of hydrogen-bond donors (Lipinski definition) is 1. The van der Waals surface area contributed by atoms with E-state index < -0.39 is 11.6 Å². The van der Waals surface area contributed by atoms with Gasteiger partial charge in [0.25, 0.3) is 0 Å². The summed E-state index contributed by atoms with van der Waals surface area (Å²) in [6, 6.07) is 14.8. The van der Waals surface area contributed by atoms with Crippen LogP contribution < -0.4 is 10.5 Å². The number of para-hydroxylation sites is 1. The molecule has 0 spiro atoms. The lowest BCUT2D eigenvalue weighted by molar-refractivity contribution is -0.157. The van der Waals surface area contributed by atoms with Crippen molar-refractivity contribution in [1.29, 1.82) is 0 Å². The van der Waals surface area contributed by atoms with Crippen molar-refractivity contribution in [1.82, 2.24) is 9.97 Å². The van der Waals surface area contributed by atoms with E-state index >= 15 is 0 Å². The Morgan fingerprint density at radius 1 is 1.08 bits per heavy atom. The summed E-state index contributed by atoms with van der Waals surface area (Å²) in [5, 5.41) is 0.814. The van der Waals surface area contributed by atoms with Crippen LogP contribution in [-0.2, 0) is 9.53 Å². The maximum Gasteiger partial charge on any atom is 0.344 e. The molecule has 0 aliphatic rings. The Labute approximate surface area is 152 Å².